The van der Waals surface area contributed by atoms with Crippen molar-refractivity contribution in [3.05, 3.63) is 23.9 Å². The summed E-state index contributed by atoms with van der Waals surface area (Å²) < 4.78 is 4.94. The number of hydrogen-bond donors (Lipinski definition) is 1. The van der Waals surface area contributed by atoms with E-state index in [0.29, 0.717) is 19.0 Å². The van der Waals surface area contributed by atoms with Crippen LogP contribution in [0.3, 0.4) is 0 Å². The van der Waals surface area contributed by atoms with Crippen LogP contribution in [0.15, 0.2) is 18.3 Å². The molecule has 0 saturated heterocycles. The Labute approximate surface area is 94.7 Å². The van der Waals surface area contributed by atoms with E-state index in [-0.39, 0.29) is 5.56 Å². The van der Waals surface area contributed by atoms with Crippen molar-refractivity contribution >= 4 is 11.8 Å². The normalized spacial score (nSPS) is 10.1. The van der Waals surface area contributed by atoms with E-state index in [1.54, 1.807) is 25.4 Å². The number of nitrogens with zero attached hydrogens (tertiary/aromatic N) is 2. The predicted octanol–water partition coefficient (Wildman–Crippen LogP) is 1.25. The van der Waals surface area contributed by atoms with Gasteiger partial charge in [-0.05, 0) is 18.6 Å². The first-order valence-electron chi connectivity index (χ1n) is 5.05. The fourth-order valence-corrected chi connectivity index (χ4v) is 1.42. The van der Waals surface area contributed by atoms with Crippen LogP contribution in [-0.4, -0.2) is 43.4 Å². The minimum Gasteiger partial charge on any atom is -0.478 e. The van der Waals surface area contributed by atoms with Crippen molar-refractivity contribution in [2.24, 2.45) is 0 Å². The van der Waals surface area contributed by atoms with Crippen LogP contribution < -0.4 is 4.90 Å². The molecule has 1 heterocycles. The van der Waals surface area contributed by atoms with E-state index >= 15 is 0 Å². The largest absolute Gasteiger partial charge is 0.478 e. The van der Waals surface area contributed by atoms with Crippen molar-refractivity contribution < 1.29 is 14.6 Å². The molecule has 0 saturated carbocycles. The number of anilines is 1. The van der Waals surface area contributed by atoms with Crippen LogP contribution in [0.2, 0.25) is 0 Å². The summed E-state index contributed by atoms with van der Waals surface area (Å²) in [5, 5.41) is 8.99. The van der Waals surface area contributed by atoms with E-state index < -0.39 is 5.97 Å². The van der Waals surface area contributed by atoms with Crippen LogP contribution in [0.4, 0.5) is 5.82 Å². The monoisotopic (exact) mass is 224 g/mol. The van der Waals surface area contributed by atoms with Gasteiger partial charge in [0.1, 0.15) is 11.4 Å². The average Bonchev–Trinajstić information content (AvgIpc) is 2.29. The first kappa shape index (κ1) is 12.4. The zero-order valence-electron chi connectivity index (χ0n) is 9.51. The number of rotatable bonds is 6. The lowest BCUT2D eigenvalue weighted by molar-refractivity contribution is 0.0697. The molecule has 0 atom stereocenters. The van der Waals surface area contributed by atoms with E-state index in [0.717, 1.165) is 6.42 Å². The molecule has 1 rings (SSSR count). The molecule has 0 aliphatic rings. The SMILES string of the molecule is COCCCN(C)c1ncccc1C(=O)O. The molecule has 1 aromatic heterocycles. The second-order valence-electron chi connectivity index (χ2n) is 3.45. The van der Waals surface area contributed by atoms with Crippen LogP contribution in [-0.2, 0) is 4.74 Å². The third-order valence-corrected chi connectivity index (χ3v) is 2.22. The Morgan fingerprint density at radius 2 is 2.38 bits per heavy atom. The highest BCUT2D eigenvalue weighted by atomic mass is 16.5. The second-order valence-corrected chi connectivity index (χ2v) is 3.45. The zero-order valence-corrected chi connectivity index (χ0v) is 9.51. The van der Waals surface area contributed by atoms with E-state index in [2.05, 4.69) is 4.98 Å². The molecule has 1 aromatic rings. The van der Waals surface area contributed by atoms with Gasteiger partial charge in [-0.1, -0.05) is 0 Å². The molecule has 0 spiro atoms. The predicted molar refractivity (Wildman–Crippen MR) is 61.0 cm³/mol. The third-order valence-electron chi connectivity index (χ3n) is 2.22. The van der Waals surface area contributed by atoms with Crippen LogP contribution >= 0.6 is 0 Å². The number of carbonyl (C=O) groups is 1. The number of pyridine rings is 1. The summed E-state index contributed by atoms with van der Waals surface area (Å²) in [7, 11) is 3.47. The molecule has 0 aliphatic heterocycles. The van der Waals surface area contributed by atoms with Crippen molar-refractivity contribution in [1.29, 1.82) is 0 Å². The van der Waals surface area contributed by atoms with Crippen molar-refractivity contribution in [2.45, 2.75) is 6.42 Å². The quantitative estimate of drug-likeness (QED) is 0.737. The van der Waals surface area contributed by atoms with Gasteiger partial charge in [-0.25, -0.2) is 9.78 Å². The minimum atomic E-state index is -0.957. The molecule has 0 radical (unpaired) electrons. The van der Waals surface area contributed by atoms with Gasteiger partial charge in [0.25, 0.3) is 0 Å². The number of aromatic carboxylic acids is 1. The van der Waals surface area contributed by atoms with Gasteiger partial charge in [-0.3, -0.25) is 0 Å². The summed E-state index contributed by atoms with van der Waals surface area (Å²) in [5.74, 6) is -0.465. The van der Waals surface area contributed by atoms with Gasteiger partial charge in [-0.2, -0.15) is 0 Å². The highest BCUT2D eigenvalue weighted by Gasteiger charge is 2.13. The van der Waals surface area contributed by atoms with Gasteiger partial charge in [-0.15, -0.1) is 0 Å². The van der Waals surface area contributed by atoms with Crippen molar-refractivity contribution in [3.8, 4) is 0 Å². The summed E-state index contributed by atoms with van der Waals surface area (Å²) in [6.07, 6.45) is 2.43. The maximum absolute atomic E-state index is 11.0. The number of carboxylic acid groups (broad SMARTS) is 1. The van der Waals surface area contributed by atoms with Crippen molar-refractivity contribution in [1.82, 2.24) is 4.98 Å². The Bertz CT molecular complexity index is 355. The van der Waals surface area contributed by atoms with Gasteiger partial charge < -0.3 is 14.7 Å². The fourth-order valence-electron chi connectivity index (χ4n) is 1.42. The van der Waals surface area contributed by atoms with Crippen LogP contribution in [0.5, 0.6) is 0 Å². The van der Waals surface area contributed by atoms with E-state index in [9.17, 15) is 4.79 Å². The molecule has 0 unspecified atom stereocenters. The number of hydrogen-bond acceptors (Lipinski definition) is 4. The third kappa shape index (κ3) is 3.20. The Morgan fingerprint density at radius 1 is 1.62 bits per heavy atom. The van der Waals surface area contributed by atoms with Gasteiger partial charge >= 0.3 is 5.97 Å². The molecule has 5 nitrogen and oxygen atoms in total. The topological polar surface area (TPSA) is 62.7 Å². The first-order chi connectivity index (χ1) is 7.66. The number of aromatic nitrogens is 1. The maximum Gasteiger partial charge on any atom is 0.339 e. The molecular formula is C11H16N2O3. The van der Waals surface area contributed by atoms with Gasteiger partial charge in [0, 0.05) is 33.5 Å². The highest BCUT2D eigenvalue weighted by Crippen LogP contribution is 2.15. The standard InChI is InChI=1S/C11H16N2O3/c1-13(7-4-8-16-2)10-9(11(14)15)5-3-6-12-10/h3,5-6H,4,7-8H2,1-2H3,(H,14,15). The average molecular weight is 224 g/mol. The smallest absolute Gasteiger partial charge is 0.339 e. The lowest BCUT2D eigenvalue weighted by atomic mass is 10.2. The summed E-state index contributed by atoms with van der Waals surface area (Å²) in [4.78, 5) is 16.9. The summed E-state index contributed by atoms with van der Waals surface area (Å²) in [6, 6.07) is 3.17. The molecule has 0 aromatic carbocycles. The fraction of sp³-hybridized carbons (Fsp3) is 0.455. The minimum absolute atomic E-state index is 0.224. The molecule has 0 aliphatic carbocycles. The number of carboxylic acids is 1. The summed E-state index contributed by atoms with van der Waals surface area (Å²) in [5.41, 5.74) is 0.224. The van der Waals surface area contributed by atoms with E-state index in [1.165, 1.54) is 0 Å². The maximum atomic E-state index is 11.0. The summed E-state index contributed by atoms with van der Waals surface area (Å²) in [6.45, 7) is 1.37. The molecule has 0 amide bonds. The molecule has 5 heteroatoms. The Morgan fingerprint density at radius 3 is 3.00 bits per heavy atom. The Kier molecular flexibility index (Phi) is 4.72. The summed E-state index contributed by atoms with van der Waals surface area (Å²) >= 11 is 0. The van der Waals surface area contributed by atoms with Crippen molar-refractivity contribution in [2.75, 3.05) is 32.2 Å². The first-order valence-corrected chi connectivity index (χ1v) is 5.05. The molecule has 0 fully saturated rings. The van der Waals surface area contributed by atoms with Crippen LogP contribution in [0.25, 0.3) is 0 Å². The Balaban J connectivity index is 2.74. The zero-order chi connectivity index (χ0) is 12.0. The number of methoxy groups -OCH3 is 1. The molecule has 0 bridgehead atoms. The second kappa shape index (κ2) is 6.07. The van der Waals surface area contributed by atoms with E-state index in [1.807, 2.05) is 11.9 Å². The Hall–Kier alpha value is -1.62. The van der Waals surface area contributed by atoms with Gasteiger partial charge in [0.15, 0.2) is 0 Å². The van der Waals surface area contributed by atoms with E-state index in [4.69, 9.17) is 9.84 Å². The van der Waals surface area contributed by atoms with Crippen LogP contribution in [0.1, 0.15) is 16.8 Å². The highest BCUT2D eigenvalue weighted by molar-refractivity contribution is 5.93. The van der Waals surface area contributed by atoms with Gasteiger partial charge in [0.05, 0.1) is 0 Å². The molecule has 16 heavy (non-hydrogen) atoms. The molecular weight excluding hydrogens is 208 g/mol. The number of ether oxygens (including phenoxy) is 1. The lowest BCUT2D eigenvalue weighted by Crippen LogP contribution is -2.23. The lowest BCUT2D eigenvalue weighted by Gasteiger charge is -2.19. The van der Waals surface area contributed by atoms with Crippen molar-refractivity contribution in [3.63, 3.8) is 0 Å². The van der Waals surface area contributed by atoms with Crippen LogP contribution in [0, 0.1) is 0 Å². The molecule has 88 valence electrons. The van der Waals surface area contributed by atoms with Gasteiger partial charge in [0.2, 0.25) is 0 Å². The molecule has 1 N–H and O–H groups in total.